The van der Waals surface area contributed by atoms with Gasteiger partial charge < -0.3 is 5.11 Å². The fourth-order valence-electron chi connectivity index (χ4n) is 2.51. The Morgan fingerprint density at radius 1 is 1.29 bits per heavy atom. The monoisotopic (exact) mass is 330 g/mol. The second-order valence-corrected chi connectivity index (χ2v) is 8.74. The quantitative estimate of drug-likeness (QED) is 0.873. The second-order valence-electron chi connectivity index (χ2n) is 5.53. The van der Waals surface area contributed by atoms with Crippen LogP contribution in [0, 0.1) is 0 Å². The van der Waals surface area contributed by atoms with Gasteiger partial charge in [-0.2, -0.15) is 4.31 Å². The Morgan fingerprint density at radius 3 is 2.48 bits per heavy atom. The van der Waals surface area contributed by atoms with Gasteiger partial charge in [-0.25, -0.2) is 13.2 Å². The molecule has 1 aliphatic heterocycles. The van der Waals surface area contributed by atoms with E-state index in [2.05, 4.69) is 4.90 Å². The molecule has 116 valence electrons. The first-order valence-electron chi connectivity index (χ1n) is 6.99. The van der Waals surface area contributed by atoms with Crippen LogP contribution >= 0.6 is 11.3 Å². The van der Waals surface area contributed by atoms with Crippen LogP contribution in [0.4, 0.5) is 0 Å². The number of thiophene rings is 1. The molecule has 3 rings (SSSR count). The average Bonchev–Trinajstić information content (AvgIpc) is 3.21. The first kappa shape index (κ1) is 15.0. The lowest BCUT2D eigenvalue weighted by molar-refractivity contribution is 0.0697. The van der Waals surface area contributed by atoms with Crippen molar-refractivity contribution in [3.8, 4) is 0 Å². The first-order valence-corrected chi connectivity index (χ1v) is 9.37. The van der Waals surface area contributed by atoms with Gasteiger partial charge in [-0.1, -0.05) is 0 Å². The summed E-state index contributed by atoms with van der Waals surface area (Å²) < 4.78 is 25.9. The lowest BCUT2D eigenvalue weighted by atomic mass is 10.3. The summed E-state index contributed by atoms with van der Waals surface area (Å²) in [5, 5.41) is 10.4. The maximum Gasteiger partial charge on any atom is 0.336 e. The van der Waals surface area contributed by atoms with Crippen LogP contribution in [-0.2, 0) is 16.6 Å². The number of nitrogens with zero attached hydrogens (tertiary/aromatic N) is 2. The van der Waals surface area contributed by atoms with Gasteiger partial charge in [0, 0.05) is 43.0 Å². The SMILES string of the molecule is O=C(O)c1csc(CN2CCN(S(=O)(=O)C3CC3)CC2)c1. The molecule has 8 heteroatoms. The molecule has 2 heterocycles. The summed E-state index contributed by atoms with van der Waals surface area (Å²) >= 11 is 1.44. The first-order chi connectivity index (χ1) is 9.96. The van der Waals surface area contributed by atoms with E-state index in [1.807, 2.05) is 0 Å². The van der Waals surface area contributed by atoms with Gasteiger partial charge in [0.15, 0.2) is 0 Å². The standard InChI is InChI=1S/C13H18N2O4S2/c16-13(17)10-7-11(20-9-10)8-14-3-5-15(6-4-14)21(18,19)12-1-2-12/h7,9,12H,1-6,8H2,(H,16,17). The molecule has 6 nitrogen and oxygen atoms in total. The average molecular weight is 330 g/mol. The van der Waals surface area contributed by atoms with Gasteiger partial charge in [-0.15, -0.1) is 11.3 Å². The van der Waals surface area contributed by atoms with Crippen LogP contribution < -0.4 is 0 Å². The largest absolute Gasteiger partial charge is 0.478 e. The highest BCUT2D eigenvalue weighted by molar-refractivity contribution is 7.90. The Bertz CT molecular complexity index is 628. The normalized spacial score (nSPS) is 21.5. The van der Waals surface area contributed by atoms with E-state index in [1.165, 1.54) is 11.3 Å². The molecule has 0 radical (unpaired) electrons. The van der Waals surface area contributed by atoms with Crippen molar-refractivity contribution in [2.24, 2.45) is 0 Å². The lowest BCUT2D eigenvalue weighted by Crippen LogP contribution is -2.49. The molecule has 2 aliphatic rings. The highest BCUT2D eigenvalue weighted by Crippen LogP contribution is 2.31. The van der Waals surface area contributed by atoms with Gasteiger partial charge in [0.05, 0.1) is 10.8 Å². The number of rotatable bonds is 5. The number of aromatic carboxylic acids is 1. The molecule has 1 saturated heterocycles. The molecular formula is C13H18N2O4S2. The highest BCUT2D eigenvalue weighted by atomic mass is 32.2. The Labute approximate surface area is 128 Å². The number of sulfonamides is 1. The van der Waals surface area contributed by atoms with Crippen LogP contribution in [0.3, 0.4) is 0 Å². The van der Waals surface area contributed by atoms with Crippen molar-refractivity contribution >= 4 is 27.3 Å². The zero-order valence-corrected chi connectivity index (χ0v) is 13.2. The van der Waals surface area contributed by atoms with E-state index < -0.39 is 16.0 Å². The van der Waals surface area contributed by atoms with Crippen molar-refractivity contribution < 1.29 is 18.3 Å². The van der Waals surface area contributed by atoms with Gasteiger partial charge in [-0.3, -0.25) is 4.90 Å². The smallest absolute Gasteiger partial charge is 0.336 e. The van der Waals surface area contributed by atoms with Gasteiger partial charge in [0.1, 0.15) is 0 Å². The Morgan fingerprint density at radius 2 is 1.95 bits per heavy atom. The second kappa shape index (κ2) is 5.68. The summed E-state index contributed by atoms with van der Waals surface area (Å²) in [6.07, 6.45) is 1.60. The van der Waals surface area contributed by atoms with Gasteiger partial charge in [0.25, 0.3) is 0 Å². The van der Waals surface area contributed by atoms with Crippen molar-refractivity contribution in [1.29, 1.82) is 0 Å². The molecule has 0 unspecified atom stereocenters. The summed E-state index contributed by atoms with van der Waals surface area (Å²) in [6.45, 7) is 3.17. The molecule has 0 aromatic carbocycles. The predicted octanol–water partition coefficient (Wildman–Crippen LogP) is 1.06. The Kier molecular flexibility index (Phi) is 4.04. The van der Waals surface area contributed by atoms with Crippen LogP contribution in [0.2, 0.25) is 0 Å². The topological polar surface area (TPSA) is 77.9 Å². The number of carboxylic acid groups (broad SMARTS) is 1. The molecule has 0 amide bonds. The molecule has 1 N–H and O–H groups in total. The van der Waals surface area contributed by atoms with Gasteiger partial charge in [-0.05, 0) is 18.9 Å². The lowest BCUT2D eigenvalue weighted by Gasteiger charge is -2.33. The maximum atomic E-state index is 12.1. The highest BCUT2D eigenvalue weighted by Gasteiger charge is 2.40. The van der Waals surface area contributed by atoms with Crippen LogP contribution in [0.1, 0.15) is 28.1 Å². The fourth-order valence-corrected chi connectivity index (χ4v) is 5.24. The van der Waals surface area contributed by atoms with E-state index in [1.54, 1.807) is 15.8 Å². The number of carboxylic acids is 1. The molecule has 0 atom stereocenters. The number of hydrogen-bond acceptors (Lipinski definition) is 5. The van der Waals surface area contributed by atoms with Crippen LogP contribution in [0.15, 0.2) is 11.4 Å². The molecule has 1 aromatic rings. The molecule has 1 saturated carbocycles. The third-order valence-corrected chi connectivity index (χ3v) is 7.24. The summed E-state index contributed by atoms with van der Waals surface area (Å²) in [5.41, 5.74) is 0.324. The minimum atomic E-state index is -3.06. The van der Waals surface area contributed by atoms with E-state index >= 15 is 0 Å². The van der Waals surface area contributed by atoms with E-state index in [0.717, 1.165) is 17.7 Å². The molecule has 1 aliphatic carbocycles. The van der Waals surface area contributed by atoms with Crippen LogP contribution in [0.25, 0.3) is 0 Å². The summed E-state index contributed by atoms with van der Waals surface area (Å²) in [6, 6.07) is 1.69. The van der Waals surface area contributed by atoms with Crippen molar-refractivity contribution in [2.45, 2.75) is 24.6 Å². The summed E-state index contributed by atoms with van der Waals surface area (Å²) in [5.74, 6) is -0.905. The Hall–Kier alpha value is -0.960. The van der Waals surface area contributed by atoms with E-state index in [0.29, 0.717) is 38.3 Å². The molecule has 0 bridgehead atoms. The van der Waals surface area contributed by atoms with E-state index in [4.69, 9.17) is 5.11 Å². The van der Waals surface area contributed by atoms with Crippen molar-refractivity contribution in [2.75, 3.05) is 26.2 Å². The Balaban J connectivity index is 1.54. The molecule has 1 aromatic heterocycles. The van der Waals surface area contributed by atoms with Gasteiger partial charge >= 0.3 is 5.97 Å². The zero-order chi connectivity index (χ0) is 15.0. The maximum absolute atomic E-state index is 12.1. The summed E-state index contributed by atoms with van der Waals surface area (Å²) in [7, 11) is -3.06. The van der Waals surface area contributed by atoms with Crippen molar-refractivity contribution in [3.05, 3.63) is 21.9 Å². The van der Waals surface area contributed by atoms with Crippen LogP contribution in [0.5, 0.6) is 0 Å². The third kappa shape index (κ3) is 3.28. The minimum Gasteiger partial charge on any atom is -0.478 e. The fraction of sp³-hybridized carbons (Fsp3) is 0.615. The third-order valence-electron chi connectivity index (χ3n) is 3.92. The number of hydrogen-bond donors (Lipinski definition) is 1. The number of carbonyl (C=O) groups is 1. The van der Waals surface area contributed by atoms with Crippen LogP contribution in [-0.4, -0.2) is 60.1 Å². The van der Waals surface area contributed by atoms with Crippen molar-refractivity contribution in [1.82, 2.24) is 9.21 Å². The molecular weight excluding hydrogens is 312 g/mol. The zero-order valence-electron chi connectivity index (χ0n) is 11.6. The molecule has 2 fully saturated rings. The molecule has 21 heavy (non-hydrogen) atoms. The molecule has 0 spiro atoms. The van der Waals surface area contributed by atoms with E-state index in [9.17, 15) is 13.2 Å². The predicted molar refractivity (Wildman–Crippen MR) is 80.1 cm³/mol. The number of piperazine rings is 1. The van der Waals surface area contributed by atoms with E-state index in [-0.39, 0.29) is 5.25 Å². The van der Waals surface area contributed by atoms with Crippen molar-refractivity contribution in [3.63, 3.8) is 0 Å². The van der Waals surface area contributed by atoms with Gasteiger partial charge in [0.2, 0.25) is 10.0 Å². The summed E-state index contributed by atoms with van der Waals surface area (Å²) in [4.78, 5) is 14.0. The minimum absolute atomic E-state index is 0.139.